The number of hydrogen-bond acceptors (Lipinski definition) is 5. The van der Waals surface area contributed by atoms with Gasteiger partial charge < -0.3 is 19.3 Å². The standard InChI is InChI=1S/C27H30FN3O4/c1-35-27(34)19-6-4-18(5-7-19)16-31-23-9-8-20(28)15-22(23)25-24(31)10-12-30(26(25)33)14-13-29-11-2-3-21(29)17-32/h4-9,15,21,32H,2-3,10-14,16-17H2,1H3/t21-/m0/s1. The van der Waals surface area contributed by atoms with Gasteiger partial charge in [0.1, 0.15) is 5.82 Å². The number of esters is 1. The van der Waals surface area contributed by atoms with E-state index >= 15 is 0 Å². The summed E-state index contributed by atoms with van der Waals surface area (Å²) in [5, 5.41) is 10.2. The van der Waals surface area contributed by atoms with E-state index in [1.54, 1.807) is 18.2 Å². The summed E-state index contributed by atoms with van der Waals surface area (Å²) in [7, 11) is 1.35. The number of fused-ring (bicyclic) bond motifs is 3. The van der Waals surface area contributed by atoms with Crippen LogP contribution < -0.4 is 0 Å². The molecule has 35 heavy (non-hydrogen) atoms. The second-order valence-corrected chi connectivity index (χ2v) is 9.31. The molecule has 5 rings (SSSR count). The Hall–Kier alpha value is -3.23. The zero-order valence-electron chi connectivity index (χ0n) is 19.9. The maximum absolute atomic E-state index is 14.2. The maximum atomic E-state index is 14.2. The minimum atomic E-state index is -0.388. The number of hydrogen-bond donors (Lipinski definition) is 1. The predicted octanol–water partition coefficient (Wildman–Crippen LogP) is 3.07. The Balaban J connectivity index is 1.43. The van der Waals surface area contributed by atoms with Gasteiger partial charge in [-0.15, -0.1) is 0 Å². The van der Waals surface area contributed by atoms with E-state index in [-0.39, 0.29) is 30.3 Å². The normalized spacial score (nSPS) is 18.3. The highest BCUT2D eigenvalue weighted by Crippen LogP contribution is 2.32. The first kappa shape index (κ1) is 23.5. The topological polar surface area (TPSA) is 75.0 Å². The molecule has 8 heteroatoms. The second-order valence-electron chi connectivity index (χ2n) is 9.31. The fourth-order valence-electron chi connectivity index (χ4n) is 5.46. The molecule has 0 saturated carbocycles. The lowest BCUT2D eigenvalue weighted by atomic mass is 10.0. The summed E-state index contributed by atoms with van der Waals surface area (Å²) in [5.41, 5.74) is 3.77. The highest BCUT2D eigenvalue weighted by atomic mass is 19.1. The number of aromatic nitrogens is 1. The van der Waals surface area contributed by atoms with E-state index in [9.17, 15) is 19.1 Å². The van der Waals surface area contributed by atoms with Crippen molar-refractivity contribution in [1.29, 1.82) is 0 Å². The van der Waals surface area contributed by atoms with Crippen molar-refractivity contribution in [3.8, 4) is 0 Å². The minimum absolute atomic E-state index is 0.0682. The summed E-state index contributed by atoms with van der Waals surface area (Å²) in [4.78, 5) is 29.5. The number of aliphatic hydroxyl groups is 1. The maximum Gasteiger partial charge on any atom is 0.337 e. The monoisotopic (exact) mass is 479 g/mol. The van der Waals surface area contributed by atoms with Crippen LogP contribution in [0.25, 0.3) is 10.9 Å². The molecule has 0 aliphatic carbocycles. The Morgan fingerprint density at radius 2 is 1.94 bits per heavy atom. The molecule has 1 atom stereocenters. The van der Waals surface area contributed by atoms with E-state index in [2.05, 4.69) is 9.47 Å². The number of methoxy groups -OCH3 is 1. The van der Waals surface area contributed by atoms with Crippen molar-refractivity contribution in [2.24, 2.45) is 0 Å². The molecule has 0 bridgehead atoms. The molecule has 1 amide bonds. The molecule has 0 unspecified atom stereocenters. The van der Waals surface area contributed by atoms with Crippen molar-refractivity contribution in [3.63, 3.8) is 0 Å². The van der Waals surface area contributed by atoms with Crippen LogP contribution in [0.3, 0.4) is 0 Å². The van der Waals surface area contributed by atoms with Crippen LogP contribution in [0.4, 0.5) is 4.39 Å². The molecule has 0 spiro atoms. The number of nitrogens with zero attached hydrogens (tertiary/aromatic N) is 3. The number of aliphatic hydroxyl groups excluding tert-OH is 1. The fourth-order valence-corrected chi connectivity index (χ4v) is 5.46. The van der Waals surface area contributed by atoms with Crippen molar-refractivity contribution in [2.45, 2.75) is 31.8 Å². The van der Waals surface area contributed by atoms with Gasteiger partial charge in [0.05, 0.1) is 24.8 Å². The van der Waals surface area contributed by atoms with Gasteiger partial charge in [0.25, 0.3) is 5.91 Å². The summed E-state index contributed by atoms with van der Waals surface area (Å²) in [5.74, 6) is -0.824. The summed E-state index contributed by atoms with van der Waals surface area (Å²) < 4.78 is 21.1. The largest absolute Gasteiger partial charge is 0.465 e. The molecular formula is C27H30FN3O4. The van der Waals surface area contributed by atoms with E-state index in [0.717, 1.165) is 42.7 Å². The third-order valence-electron chi connectivity index (χ3n) is 7.34. The molecule has 2 aliphatic heterocycles. The van der Waals surface area contributed by atoms with Gasteiger partial charge in [-0.25, -0.2) is 9.18 Å². The molecule has 2 aliphatic rings. The lowest BCUT2D eigenvalue weighted by molar-refractivity contribution is 0.0600. The molecule has 1 saturated heterocycles. The highest BCUT2D eigenvalue weighted by Gasteiger charge is 2.32. The average molecular weight is 480 g/mol. The first-order chi connectivity index (χ1) is 17.0. The van der Waals surface area contributed by atoms with Crippen LogP contribution in [0.15, 0.2) is 42.5 Å². The SMILES string of the molecule is COC(=O)c1ccc(Cn2c3c(c4cc(F)ccc42)C(=O)N(CCN2CCC[C@H]2CO)CC3)cc1. The Labute approximate surface area is 203 Å². The number of benzene rings is 2. The molecule has 7 nitrogen and oxygen atoms in total. The van der Waals surface area contributed by atoms with Crippen molar-refractivity contribution < 1.29 is 23.8 Å². The Morgan fingerprint density at radius 3 is 2.69 bits per heavy atom. The van der Waals surface area contributed by atoms with Crippen molar-refractivity contribution in [1.82, 2.24) is 14.4 Å². The second kappa shape index (κ2) is 9.79. The number of halogens is 1. The van der Waals surface area contributed by atoms with Gasteiger partial charge in [-0.3, -0.25) is 9.69 Å². The molecule has 3 heterocycles. The molecule has 1 fully saturated rings. The van der Waals surface area contributed by atoms with Gasteiger partial charge in [0.15, 0.2) is 0 Å². The summed E-state index contributed by atoms with van der Waals surface area (Å²) >= 11 is 0. The number of rotatable bonds is 7. The van der Waals surface area contributed by atoms with Crippen LogP contribution in [-0.2, 0) is 17.7 Å². The predicted molar refractivity (Wildman–Crippen MR) is 130 cm³/mol. The molecule has 184 valence electrons. The van der Waals surface area contributed by atoms with Gasteiger partial charge in [-0.2, -0.15) is 0 Å². The lowest BCUT2D eigenvalue weighted by Gasteiger charge is -2.31. The van der Waals surface area contributed by atoms with Crippen LogP contribution in [0.5, 0.6) is 0 Å². The number of carbonyl (C=O) groups excluding carboxylic acids is 2. The molecule has 3 aromatic rings. The Kier molecular flexibility index (Phi) is 6.58. The fraction of sp³-hybridized carbons (Fsp3) is 0.407. The smallest absolute Gasteiger partial charge is 0.337 e. The first-order valence-corrected chi connectivity index (χ1v) is 12.1. The van der Waals surface area contributed by atoms with E-state index in [1.807, 2.05) is 17.0 Å². The number of ether oxygens (including phenoxy) is 1. The number of carbonyl (C=O) groups is 2. The van der Waals surface area contributed by atoms with Crippen LogP contribution in [0.2, 0.25) is 0 Å². The molecular weight excluding hydrogens is 449 g/mol. The highest BCUT2D eigenvalue weighted by molar-refractivity contribution is 6.09. The van der Waals surface area contributed by atoms with Gasteiger partial charge in [-0.05, 0) is 55.3 Å². The van der Waals surface area contributed by atoms with Crippen LogP contribution in [0, 0.1) is 5.82 Å². The van der Waals surface area contributed by atoms with E-state index in [1.165, 1.54) is 19.2 Å². The number of amides is 1. The summed E-state index contributed by atoms with van der Waals surface area (Å²) in [6.07, 6.45) is 2.74. The van der Waals surface area contributed by atoms with Gasteiger partial charge in [-0.1, -0.05) is 12.1 Å². The van der Waals surface area contributed by atoms with Crippen LogP contribution in [-0.4, -0.2) is 77.3 Å². The van der Waals surface area contributed by atoms with Crippen LogP contribution >= 0.6 is 0 Å². The van der Waals surface area contributed by atoms with Gasteiger partial charge in [0, 0.05) is 55.2 Å². The average Bonchev–Trinajstić information content (AvgIpc) is 3.46. The van der Waals surface area contributed by atoms with Crippen molar-refractivity contribution in [3.05, 3.63) is 70.7 Å². The minimum Gasteiger partial charge on any atom is -0.465 e. The Morgan fingerprint density at radius 1 is 1.14 bits per heavy atom. The third kappa shape index (κ3) is 4.44. The van der Waals surface area contributed by atoms with Gasteiger partial charge >= 0.3 is 5.97 Å². The van der Waals surface area contributed by atoms with Crippen molar-refractivity contribution >= 4 is 22.8 Å². The molecule has 0 radical (unpaired) electrons. The molecule has 2 aromatic carbocycles. The van der Waals surface area contributed by atoms with E-state index < -0.39 is 0 Å². The van der Waals surface area contributed by atoms with Gasteiger partial charge in [0.2, 0.25) is 0 Å². The quantitative estimate of drug-likeness (QED) is 0.528. The van der Waals surface area contributed by atoms with Crippen LogP contribution in [0.1, 0.15) is 44.8 Å². The zero-order valence-corrected chi connectivity index (χ0v) is 19.9. The third-order valence-corrected chi connectivity index (χ3v) is 7.34. The molecule has 1 N–H and O–H groups in total. The van der Waals surface area contributed by atoms with E-state index in [0.29, 0.717) is 42.6 Å². The zero-order chi connectivity index (χ0) is 24.5. The lowest BCUT2D eigenvalue weighted by Crippen LogP contribution is -2.44. The van der Waals surface area contributed by atoms with Crippen molar-refractivity contribution in [2.75, 3.05) is 39.9 Å². The summed E-state index contributed by atoms with van der Waals surface area (Å²) in [6, 6.07) is 12.0. The summed E-state index contributed by atoms with van der Waals surface area (Å²) in [6.45, 7) is 3.52. The Bertz CT molecular complexity index is 1250. The van der Waals surface area contributed by atoms with E-state index in [4.69, 9.17) is 4.74 Å². The molecule has 1 aromatic heterocycles. The number of likely N-dealkylation sites (tertiary alicyclic amines) is 1. The first-order valence-electron chi connectivity index (χ1n) is 12.1.